The standard InChI is InChI=1S/C14H16F2N2/c1-2-8-18-13(14(15)16)11-5-3-7-12-10(11)6-4-9-17-12/h3-7,9,13-14,18H,2,8H2,1H3. The highest BCUT2D eigenvalue weighted by atomic mass is 19.3. The van der Waals surface area contributed by atoms with Gasteiger partial charge >= 0.3 is 0 Å². The van der Waals surface area contributed by atoms with Gasteiger partial charge in [-0.25, -0.2) is 8.78 Å². The molecule has 96 valence electrons. The average Bonchev–Trinajstić information content (AvgIpc) is 2.39. The number of hydrogen-bond acceptors (Lipinski definition) is 2. The number of pyridine rings is 1. The molecule has 0 fully saturated rings. The molecule has 1 aromatic heterocycles. The van der Waals surface area contributed by atoms with Crippen molar-refractivity contribution in [3.63, 3.8) is 0 Å². The zero-order valence-electron chi connectivity index (χ0n) is 10.2. The molecule has 2 rings (SSSR count). The Hall–Kier alpha value is -1.55. The van der Waals surface area contributed by atoms with E-state index in [2.05, 4.69) is 10.3 Å². The zero-order valence-corrected chi connectivity index (χ0v) is 10.2. The predicted octanol–water partition coefficient (Wildman–Crippen LogP) is 3.54. The fraction of sp³-hybridized carbons (Fsp3) is 0.357. The minimum atomic E-state index is -2.43. The molecule has 1 atom stereocenters. The van der Waals surface area contributed by atoms with E-state index in [0.29, 0.717) is 12.1 Å². The van der Waals surface area contributed by atoms with E-state index in [-0.39, 0.29) is 0 Å². The molecule has 1 aromatic carbocycles. The number of nitrogens with zero attached hydrogens (tertiary/aromatic N) is 1. The van der Waals surface area contributed by atoms with Crippen LogP contribution in [0.1, 0.15) is 24.9 Å². The Labute approximate surface area is 105 Å². The topological polar surface area (TPSA) is 24.9 Å². The third-order valence-corrected chi connectivity index (χ3v) is 2.88. The van der Waals surface area contributed by atoms with E-state index in [4.69, 9.17) is 0 Å². The summed E-state index contributed by atoms with van der Waals surface area (Å²) in [6.45, 7) is 2.53. The van der Waals surface area contributed by atoms with E-state index in [0.717, 1.165) is 17.3 Å². The molecular formula is C14H16F2N2. The lowest BCUT2D eigenvalue weighted by molar-refractivity contribution is 0.0991. The summed E-state index contributed by atoms with van der Waals surface area (Å²) in [4.78, 5) is 4.19. The minimum Gasteiger partial charge on any atom is -0.305 e. The van der Waals surface area contributed by atoms with Gasteiger partial charge in [-0.3, -0.25) is 4.98 Å². The molecule has 0 aliphatic heterocycles. The third kappa shape index (κ3) is 2.64. The lowest BCUT2D eigenvalue weighted by Gasteiger charge is -2.19. The molecule has 1 heterocycles. The number of alkyl halides is 2. The van der Waals surface area contributed by atoms with Crippen LogP contribution < -0.4 is 5.32 Å². The van der Waals surface area contributed by atoms with Gasteiger partial charge in [0.05, 0.1) is 11.6 Å². The Bertz CT molecular complexity index is 509. The monoisotopic (exact) mass is 250 g/mol. The van der Waals surface area contributed by atoms with Crippen LogP contribution in [0.15, 0.2) is 36.5 Å². The van der Waals surface area contributed by atoms with E-state index in [1.54, 1.807) is 24.4 Å². The molecule has 4 heteroatoms. The maximum Gasteiger partial charge on any atom is 0.257 e. The van der Waals surface area contributed by atoms with E-state index in [1.807, 2.05) is 19.1 Å². The summed E-state index contributed by atoms with van der Waals surface area (Å²) >= 11 is 0. The van der Waals surface area contributed by atoms with Crippen LogP contribution in [-0.2, 0) is 0 Å². The number of benzene rings is 1. The molecule has 0 bridgehead atoms. The van der Waals surface area contributed by atoms with Gasteiger partial charge in [-0.1, -0.05) is 25.1 Å². The Morgan fingerprint density at radius 2 is 2.06 bits per heavy atom. The van der Waals surface area contributed by atoms with E-state index >= 15 is 0 Å². The average molecular weight is 250 g/mol. The summed E-state index contributed by atoms with van der Waals surface area (Å²) < 4.78 is 26.3. The van der Waals surface area contributed by atoms with Crippen LogP contribution in [0.5, 0.6) is 0 Å². The van der Waals surface area contributed by atoms with Crippen LogP contribution in [0.25, 0.3) is 10.9 Å². The van der Waals surface area contributed by atoms with Crippen LogP contribution in [-0.4, -0.2) is 18.0 Å². The van der Waals surface area contributed by atoms with Crippen molar-refractivity contribution in [2.45, 2.75) is 25.8 Å². The van der Waals surface area contributed by atoms with E-state index in [9.17, 15) is 8.78 Å². The van der Waals surface area contributed by atoms with Gasteiger partial charge in [0.2, 0.25) is 0 Å². The summed E-state index contributed by atoms with van der Waals surface area (Å²) in [6, 6.07) is 8.02. The van der Waals surface area contributed by atoms with Gasteiger partial charge in [0.1, 0.15) is 0 Å². The van der Waals surface area contributed by atoms with Crippen molar-refractivity contribution in [2.24, 2.45) is 0 Å². The number of fused-ring (bicyclic) bond motifs is 1. The first-order valence-electron chi connectivity index (χ1n) is 6.09. The van der Waals surface area contributed by atoms with Crippen LogP contribution in [0, 0.1) is 0 Å². The summed E-state index contributed by atoms with van der Waals surface area (Å²) in [5.41, 5.74) is 1.36. The molecule has 2 aromatic rings. The van der Waals surface area contributed by atoms with Crippen molar-refractivity contribution in [1.29, 1.82) is 0 Å². The number of nitrogens with one attached hydrogen (secondary N) is 1. The molecule has 0 saturated heterocycles. The first-order chi connectivity index (χ1) is 8.74. The quantitative estimate of drug-likeness (QED) is 0.878. The highest BCUT2D eigenvalue weighted by molar-refractivity contribution is 5.82. The number of rotatable bonds is 5. The molecule has 1 N–H and O–H groups in total. The maximum absolute atomic E-state index is 13.2. The molecule has 0 radical (unpaired) electrons. The van der Waals surface area contributed by atoms with Crippen molar-refractivity contribution in [2.75, 3.05) is 6.54 Å². The molecule has 0 aliphatic rings. The van der Waals surface area contributed by atoms with Crippen molar-refractivity contribution in [3.05, 3.63) is 42.1 Å². The van der Waals surface area contributed by atoms with Gasteiger partial charge in [0.15, 0.2) is 0 Å². The fourth-order valence-corrected chi connectivity index (χ4v) is 2.03. The van der Waals surface area contributed by atoms with Gasteiger partial charge in [-0.15, -0.1) is 0 Å². The normalized spacial score (nSPS) is 13.1. The Morgan fingerprint density at radius 3 is 2.78 bits per heavy atom. The summed E-state index contributed by atoms with van der Waals surface area (Å²) in [5.74, 6) is 0. The lowest BCUT2D eigenvalue weighted by Crippen LogP contribution is -2.28. The molecule has 0 spiro atoms. The second-order valence-corrected chi connectivity index (χ2v) is 4.18. The Morgan fingerprint density at radius 1 is 1.22 bits per heavy atom. The van der Waals surface area contributed by atoms with Crippen LogP contribution in [0.3, 0.4) is 0 Å². The van der Waals surface area contributed by atoms with E-state index < -0.39 is 12.5 Å². The minimum absolute atomic E-state index is 0.575. The van der Waals surface area contributed by atoms with Gasteiger partial charge in [0, 0.05) is 11.6 Å². The van der Waals surface area contributed by atoms with Crippen LogP contribution >= 0.6 is 0 Å². The Balaban J connectivity index is 2.43. The molecule has 18 heavy (non-hydrogen) atoms. The number of hydrogen-bond donors (Lipinski definition) is 1. The number of halogens is 2. The first-order valence-corrected chi connectivity index (χ1v) is 6.09. The molecular weight excluding hydrogens is 234 g/mol. The van der Waals surface area contributed by atoms with Crippen LogP contribution in [0.4, 0.5) is 8.78 Å². The van der Waals surface area contributed by atoms with Crippen molar-refractivity contribution in [3.8, 4) is 0 Å². The number of aromatic nitrogens is 1. The largest absolute Gasteiger partial charge is 0.305 e. The molecule has 2 nitrogen and oxygen atoms in total. The maximum atomic E-state index is 13.2. The highest BCUT2D eigenvalue weighted by Crippen LogP contribution is 2.27. The smallest absolute Gasteiger partial charge is 0.257 e. The Kier molecular flexibility index (Phi) is 4.20. The summed E-state index contributed by atoms with van der Waals surface area (Å²) in [6.07, 6.45) is 0.0669. The molecule has 0 saturated carbocycles. The molecule has 1 unspecified atom stereocenters. The predicted molar refractivity (Wildman–Crippen MR) is 68.8 cm³/mol. The van der Waals surface area contributed by atoms with Gasteiger partial charge in [-0.05, 0) is 30.7 Å². The van der Waals surface area contributed by atoms with Crippen molar-refractivity contribution in [1.82, 2.24) is 10.3 Å². The fourth-order valence-electron chi connectivity index (χ4n) is 2.03. The highest BCUT2D eigenvalue weighted by Gasteiger charge is 2.23. The molecule has 0 amide bonds. The summed E-state index contributed by atoms with van der Waals surface area (Å²) in [7, 11) is 0. The van der Waals surface area contributed by atoms with Crippen molar-refractivity contribution < 1.29 is 8.78 Å². The summed E-state index contributed by atoms with van der Waals surface area (Å²) in [5, 5.41) is 3.69. The van der Waals surface area contributed by atoms with Gasteiger partial charge < -0.3 is 5.32 Å². The second-order valence-electron chi connectivity index (χ2n) is 4.18. The second kappa shape index (κ2) is 5.87. The van der Waals surface area contributed by atoms with Gasteiger partial charge in [-0.2, -0.15) is 0 Å². The van der Waals surface area contributed by atoms with E-state index in [1.165, 1.54) is 0 Å². The first kappa shape index (κ1) is 12.9. The SMILES string of the molecule is CCCNC(c1cccc2ncccc12)C(F)F. The van der Waals surface area contributed by atoms with Crippen molar-refractivity contribution >= 4 is 10.9 Å². The third-order valence-electron chi connectivity index (χ3n) is 2.88. The lowest BCUT2D eigenvalue weighted by atomic mass is 10.0. The van der Waals surface area contributed by atoms with Crippen LogP contribution in [0.2, 0.25) is 0 Å². The zero-order chi connectivity index (χ0) is 13.0. The van der Waals surface area contributed by atoms with Gasteiger partial charge in [0.25, 0.3) is 6.43 Å². The molecule has 0 aliphatic carbocycles.